The lowest BCUT2D eigenvalue weighted by molar-refractivity contribution is 0.0542. The van der Waals surface area contributed by atoms with Crippen LogP contribution in [0.2, 0.25) is 0 Å². The van der Waals surface area contributed by atoms with Gasteiger partial charge in [-0.2, -0.15) is 0 Å². The van der Waals surface area contributed by atoms with Gasteiger partial charge in [-0.05, 0) is 31.2 Å². The topological polar surface area (TPSA) is 35.5 Å². The summed E-state index contributed by atoms with van der Waals surface area (Å²) in [5, 5.41) is 0. The average Bonchev–Trinajstić information content (AvgIpc) is 2.52. The Hall–Kier alpha value is -1.51. The maximum atomic E-state index is 11.1. The first kappa shape index (κ1) is 17.5. The van der Waals surface area contributed by atoms with Crippen LogP contribution in [0.4, 0.5) is 4.79 Å². The number of carbonyl (C=O) groups is 1. The van der Waals surface area contributed by atoms with Gasteiger partial charge in [0.2, 0.25) is 0 Å². The van der Waals surface area contributed by atoms with Crippen molar-refractivity contribution in [3.05, 3.63) is 35.9 Å². The fourth-order valence-corrected chi connectivity index (χ4v) is 2.17. The first-order chi connectivity index (χ1) is 10.3. The Kier molecular flexibility index (Phi) is 10.2. The standard InChI is InChI=1S/C18H28O3/c1-2-15-20-18(19)21-16-11-6-4-3-5-8-12-17-13-9-7-10-14-17/h7,9-10,13-14H,2-6,8,11-12,15-16H2,1H3. The molecule has 1 rings (SSSR count). The highest BCUT2D eigenvalue weighted by molar-refractivity contribution is 5.59. The highest BCUT2D eigenvalue weighted by atomic mass is 16.7. The largest absolute Gasteiger partial charge is 0.508 e. The summed E-state index contributed by atoms with van der Waals surface area (Å²) in [7, 11) is 0. The van der Waals surface area contributed by atoms with E-state index in [9.17, 15) is 4.79 Å². The van der Waals surface area contributed by atoms with Gasteiger partial charge in [-0.25, -0.2) is 4.79 Å². The molecule has 0 aliphatic heterocycles. The van der Waals surface area contributed by atoms with Gasteiger partial charge in [-0.1, -0.05) is 62.9 Å². The SMILES string of the molecule is CCCOC(=O)OCCCCCCCCc1ccccc1. The Labute approximate surface area is 128 Å². The fraction of sp³-hybridized carbons (Fsp3) is 0.611. The summed E-state index contributed by atoms with van der Waals surface area (Å²) in [6, 6.07) is 10.6. The van der Waals surface area contributed by atoms with Gasteiger partial charge in [-0.15, -0.1) is 0 Å². The van der Waals surface area contributed by atoms with Crippen LogP contribution < -0.4 is 0 Å². The third-order valence-corrected chi connectivity index (χ3v) is 3.35. The second-order valence-electron chi connectivity index (χ2n) is 5.30. The van der Waals surface area contributed by atoms with Crippen LogP contribution in [0.5, 0.6) is 0 Å². The lowest BCUT2D eigenvalue weighted by Crippen LogP contribution is -2.08. The van der Waals surface area contributed by atoms with Crippen LogP contribution in [0.1, 0.15) is 57.4 Å². The second kappa shape index (κ2) is 12.2. The van der Waals surface area contributed by atoms with Crippen molar-refractivity contribution >= 4 is 6.16 Å². The van der Waals surface area contributed by atoms with E-state index in [1.807, 2.05) is 6.92 Å². The Bertz CT molecular complexity index is 362. The molecule has 21 heavy (non-hydrogen) atoms. The number of unbranched alkanes of at least 4 members (excludes halogenated alkanes) is 5. The van der Waals surface area contributed by atoms with Crippen molar-refractivity contribution in [3.8, 4) is 0 Å². The number of benzene rings is 1. The van der Waals surface area contributed by atoms with Crippen molar-refractivity contribution in [2.24, 2.45) is 0 Å². The molecule has 0 aliphatic carbocycles. The molecular weight excluding hydrogens is 264 g/mol. The zero-order valence-electron chi connectivity index (χ0n) is 13.2. The zero-order chi connectivity index (χ0) is 15.2. The molecule has 0 amide bonds. The molecule has 0 saturated heterocycles. The number of carbonyl (C=O) groups excluding carboxylic acids is 1. The molecule has 0 unspecified atom stereocenters. The molecule has 0 atom stereocenters. The van der Waals surface area contributed by atoms with Crippen LogP contribution in [-0.4, -0.2) is 19.4 Å². The first-order valence-electron chi connectivity index (χ1n) is 8.16. The normalized spacial score (nSPS) is 10.3. The van der Waals surface area contributed by atoms with E-state index >= 15 is 0 Å². The summed E-state index contributed by atoms with van der Waals surface area (Å²) >= 11 is 0. The Morgan fingerprint density at radius 2 is 1.48 bits per heavy atom. The van der Waals surface area contributed by atoms with Crippen LogP contribution in [0.25, 0.3) is 0 Å². The van der Waals surface area contributed by atoms with Crippen LogP contribution in [-0.2, 0) is 15.9 Å². The van der Waals surface area contributed by atoms with E-state index in [1.54, 1.807) is 0 Å². The Morgan fingerprint density at radius 3 is 2.19 bits per heavy atom. The second-order valence-corrected chi connectivity index (χ2v) is 5.30. The fourth-order valence-electron chi connectivity index (χ4n) is 2.17. The number of hydrogen-bond acceptors (Lipinski definition) is 3. The minimum absolute atomic E-state index is 0.445. The molecule has 0 saturated carbocycles. The molecule has 1 aromatic carbocycles. The summed E-state index contributed by atoms with van der Waals surface area (Å²) in [5.74, 6) is 0. The monoisotopic (exact) mass is 292 g/mol. The summed E-state index contributed by atoms with van der Waals surface area (Å²) in [6.45, 7) is 2.89. The molecule has 0 bridgehead atoms. The van der Waals surface area contributed by atoms with E-state index < -0.39 is 6.16 Å². The highest BCUT2D eigenvalue weighted by Gasteiger charge is 2.01. The quantitative estimate of drug-likeness (QED) is 0.419. The molecule has 0 fully saturated rings. The molecule has 118 valence electrons. The summed E-state index contributed by atoms with van der Waals surface area (Å²) in [4.78, 5) is 11.1. The maximum Gasteiger partial charge on any atom is 0.508 e. The predicted octanol–water partition coefficient (Wildman–Crippen LogP) is 5.13. The molecule has 0 heterocycles. The molecule has 0 radical (unpaired) electrons. The number of ether oxygens (including phenoxy) is 2. The van der Waals surface area contributed by atoms with Crippen LogP contribution in [0.3, 0.4) is 0 Å². The third kappa shape index (κ3) is 9.94. The van der Waals surface area contributed by atoms with E-state index in [-0.39, 0.29) is 0 Å². The molecule has 0 aliphatic rings. The van der Waals surface area contributed by atoms with Gasteiger partial charge in [0.1, 0.15) is 0 Å². The molecule has 3 heteroatoms. The molecule has 0 N–H and O–H groups in total. The third-order valence-electron chi connectivity index (χ3n) is 3.35. The van der Waals surface area contributed by atoms with Crippen LogP contribution >= 0.6 is 0 Å². The van der Waals surface area contributed by atoms with Crippen molar-refractivity contribution < 1.29 is 14.3 Å². The van der Waals surface area contributed by atoms with Gasteiger partial charge in [-0.3, -0.25) is 0 Å². The van der Waals surface area contributed by atoms with E-state index in [0.717, 1.165) is 19.3 Å². The van der Waals surface area contributed by atoms with E-state index in [4.69, 9.17) is 9.47 Å². The molecular formula is C18H28O3. The lowest BCUT2D eigenvalue weighted by atomic mass is 10.1. The van der Waals surface area contributed by atoms with Gasteiger partial charge in [0, 0.05) is 0 Å². The van der Waals surface area contributed by atoms with E-state index in [2.05, 4.69) is 30.3 Å². The number of aryl methyl sites for hydroxylation is 1. The molecule has 0 aromatic heterocycles. The first-order valence-corrected chi connectivity index (χ1v) is 8.16. The van der Waals surface area contributed by atoms with Gasteiger partial charge >= 0.3 is 6.16 Å². The average molecular weight is 292 g/mol. The highest BCUT2D eigenvalue weighted by Crippen LogP contribution is 2.09. The van der Waals surface area contributed by atoms with Gasteiger partial charge in [0.25, 0.3) is 0 Å². The number of hydrogen-bond donors (Lipinski definition) is 0. The Morgan fingerprint density at radius 1 is 0.857 bits per heavy atom. The molecule has 3 nitrogen and oxygen atoms in total. The lowest BCUT2D eigenvalue weighted by Gasteiger charge is -2.05. The number of rotatable bonds is 11. The van der Waals surface area contributed by atoms with Gasteiger partial charge in [0.15, 0.2) is 0 Å². The van der Waals surface area contributed by atoms with Crippen molar-refractivity contribution in [1.29, 1.82) is 0 Å². The van der Waals surface area contributed by atoms with Crippen molar-refractivity contribution in [3.63, 3.8) is 0 Å². The predicted molar refractivity (Wildman–Crippen MR) is 85.4 cm³/mol. The maximum absolute atomic E-state index is 11.1. The minimum Gasteiger partial charge on any atom is -0.434 e. The van der Waals surface area contributed by atoms with E-state index in [1.165, 1.54) is 37.7 Å². The summed E-state index contributed by atoms with van der Waals surface area (Å²) < 4.78 is 9.80. The van der Waals surface area contributed by atoms with Crippen molar-refractivity contribution in [1.82, 2.24) is 0 Å². The zero-order valence-corrected chi connectivity index (χ0v) is 13.2. The van der Waals surface area contributed by atoms with Crippen molar-refractivity contribution in [2.45, 2.75) is 58.3 Å². The van der Waals surface area contributed by atoms with Crippen molar-refractivity contribution in [2.75, 3.05) is 13.2 Å². The summed E-state index contributed by atoms with van der Waals surface area (Å²) in [6.07, 6.45) is 8.52. The van der Waals surface area contributed by atoms with E-state index in [0.29, 0.717) is 13.2 Å². The Balaban J connectivity index is 1.83. The minimum atomic E-state index is -0.528. The van der Waals surface area contributed by atoms with Gasteiger partial charge in [0.05, 0.1) is 13.2 Å². The smallest absolute Gasteiger partial charge is 0.434 e. The van der Waals surface area contributed by atoms with Crippen LogP contribution in [0.15, 0.2) is 30.3 Å². The molecule has 1 aromatic rings. The van der Waals surface area contributed by atoms with Gasteiger partial charge < -0.3 is 9.47 Å². The van der Waals surface area contributed by atoms with Crippen LogP contribution in [0, 0.1) is 0 Å². The summed E-state index contributed by atoms with van der Waals surface area (Å²) in [5.41, 5.74) is 1.43. The molecule has 0 spiro atoms.